The lowest BCUT2D eigenvalue weighted by molar-refractivity contribution is -0.128. The fraction of sp³-hybridized carbons (Fsp3) is 0.429. The van der Waals surface area contributed by atoms with Gasteiger partial charge in [0.2, 0.25) is 5.91 Å². The van der Waals surface area contributed by atoms with Crippen LogP contribution in [0.3, 0.4) is 0 Å². The van der Waals surface area contributed by atoms with E-state index in [9.17, 15) is 4.79 Å². The van der Waals surface area contributed by atoms with Crippen LogP contribution in [0.5, 0.6) is 0 Å². The van der Waals surface area contributed by atoms with Gasteiger partial charge in [-0.05, 0) is 55.5 Å². The molecule has 4 heteroatoms. The van der Waals surface area contributed by atoms with Crippen LogP contribution in [-0.2, 0) is 4.79 Å². The molecule has 3 atom stereocenters. The molecule has 0 spiro atoms. The first kappa shape index (κ1) is 17.6. The molecule has 1 aromatic carbocycles. The van der Waals surface area contributed by atoms with Gasteiger partial charge in [-0.25, -0.2) is 0 Å². The highest BCUT2D eigenvalue weighted by Gasteiger charge is 2.38. The van der Waals surface area contributed by atoms with Gasteiger partial charge in [0.05, 0.1) is 12.0 Å². The summed E-state index contributed by atoms with van der Waals surface area (Å²) in [4.78, 5) is 16.7. The minimum absolute atomic E-state index is 0.0308. The van der Waals surface area contributed by atoms with Gasteiger partial charge in [0.25, 0.3) is 0 Å². The normalized spacial score (nSPS) is 24.5. The van der Waals surface area contributed by atoms with Crippen molar-refractivity contribution in [3.05, 3.63) is 54.4 Å². The molecule has 1 aromatic heterocycles. The molecule has 0 bridgehead atoms. The van der Waals surface area contributed by atoms with Crippen LogP contribution in [0.25, 0.3) is 11.1 Å². The maximum Gasteiger partial charge on any atom is 0.225 e. The van der Waals surface area contributed by atoms with E-state index in [-0.39, 0.29) is 17.9 Å². The van der Waals surface area contributed by atoms with Gasteiger partial charge in [0, 0.05) is 17.9 Å². The first-order valence-corrected chi connectivity index (χ1v) is 9.07. The highest BCUT2D eigenvalue weighted by Crippen LogP contribution is 2.32. The minimum Gasteiger partial charge on any atom is -0.349 e. The summed E-state index contributed by atoms with van der Waals surface area (Å²) in [5.41, 5.74) is 9.34. The monoisotopic (exact) mass is 337 g/mol. The molecule has 4 nitrogen and oxygen atoms in total. The average molecular weight is 337 g/mol. The van der Waals surface area contributed by atoms with Crippen LogP contribution in [0.2, 0.25) is 0 Å². The van der Waals surface area contributed by atoms with Gasteiger partial charge in [-0.1, -0.05) is 37.1 Å². The summed E-state index contributed by atoms with van der Waals surface area (Å²) in [5.74, 6) is -0.0183. The maximum atomic E-state index is 12.7. The zero-order chi connectivity index (χ0) is 17.9. The second-order valence-electron chi connectivity index (χ2n) is 7.39. The Labute approximate surface area is 149 Å². The van der Waals surface area contributed by atoms with Gasteiger partial charge >= 0.3 is 0 Å². The van der Waals surface area contributed by atoms with Gasteiger partial charge in [0.1, 0.15) is 0 Å². The topological polar surface area (TPSA) is 68.0 Å². The number of nitrogens with two attached hydrogens (primary N) is 1. The SMILES string of the molecule is CC(NC(=O)C1CCCCC1(C)N)c1ccc(-c2ccncc2)cc1. The number of nitrogens with one attached hydrogen (secondary N) is 1. The van der Waals surface area contributed by atoms with Crippen molar-refractivity contribution in [2.75, 3.05) is 0 Å². The zero-order valence-electron chi connectivity index (χ0n) is 15.0. The number of hydrogen-bond donors (Lipinski definition) is 2. The van der Waals surface area contributed by atoms with E-state index < -0.39 is 5.54 Å². The van der Waals surface area contributed by atoms with E-state index in [0.29, 0.717) is 0 Å². The van der Waals surface area contributed by atoms with Gasteiger partial charge in [-0.15, -0.1) is 0 Å². The summed E-state index contributed by atoms with van der Waals surface area (Å²) >= 11 is 0. The van der Waals surface area contributed by atoms with Crippen LogP contribution >= 0.6 is 0 Å². The van der Waals surface area contributed by atoms with Crippen molar-refractivity contribution in [1.29, 1.82) is 0 Å². The fourth-order valence-electron chi connectivity index (χ4n) is 3.69. The molecular weight excluding hydrogens is 310 g/mol. The second-order valence-corrected chi connectivity index (χ2v) is 7.39. The smallest absolute Gasteiger partial charge is 0.225 e. The molecule has 0 radical (unpaired) electrons. The Morgan fingerprint density at radius 2 is 1.80 bits per heavy atom. The summed E-state index contributed by atoms with van der Waals surface area (Å²) in [6.45, 7) is 4.03. The first-order valence-electron chi connectivity index (χ1n) is 9.07. The van der Waals surface area contributed by atoms with Crippen molar-refractivity contribution >= 4 is 5.91 Å². The molecular formula is C21H27N3O. The highest BCUT2D eigenvalue weighted by molar-refractivity contribution is 5.80. The van der Waals surface area contributed by atoms with Crippen LogP contribution in [-0.4, -0.2) is 16.4 Å². The summed E-state index contributed by atoms with van der Waals surface area (Å²) in [6.07, 6.45) is 7.58. The highest BCUT2D eigenvalue weighted by atomic mass is 16.2. The van der Waals surface area contributed by atoms with E-state index in [2.05, 4.69) is 34.6 Å². The van der Waals surface area contributed by atoms with Crippen molar-refractivity contribution in [2.24, 2.45) is 11.7 Å². The standard InChI is InChI=1S/C21H27N3O/c1-15(24-20(25)19-5-3-4-12-21(19,2)22)16-6-8-17(9-7-16)18-10-13-23-14-11-18/h6-11,13-15,19H,3-5,12,22H2,1-2H3,(H,24,25). The third-order valence-corrected chi connectivity index (χ3v) is 5.35. The lowest BCUT2D eigenvalue weighted by Gasteiger charge is -2.37. The second kappa shape index (κ2) is 7.36. The molecule has 0 saturated heterocycles. The van der Waals surface area contributed by atoms with Crippen molar-refractivity contribution in [3.63, 3.8) is 0 Å². The largest absolute Gasteiger partial charge is 0.349 e. The van der Waals surface area contributed by atoms with Gasteiger partial charge in [-0.2, -0.15) is 0 Å². The van der Waals surface area contributed by atoms with Gasteiger partial charge < -0.3 is 11.1 Å². The van der Waals surface area contributed by atoms with Gasteiger partial charge in [-0.3, -0.25) is 9.78 Å². The quantitative estimate of drug-likeness (QED) is 0.891. The number of carbonyl (C=O) groups excluding carboxylic acids is 1. The Balaban J connectivity index is 1.67. The molecule has 0 aliphatic heterocycles. The molecule has 25 heavy (non-hydrogen) atoms. The van der Waals surface area contributed by atoms with Crippen molar-refractivity contribution in [3.8, 4) is 11.1 Å². The van der Waals surface area contributed by atoms with Crippen LogP contribution in [0.15, 0.2) is 48.8 Å². The molecule has 1 saturated carbocycles. The Hall–Kier alpha value is -2.20. The van der Waals surface area contributed by atoms with E-state index in [1.165, 1.54) is 0 Å². The van der Waals surface area contributed by atoms with Crippen LogP contribution in [0.1, 0.15) is 51.1 Å². The maximum absolute atomic E-state index is 12.7. The number of aromatic nitrogens is 1. The van der Waals surface area contributed by atoms with Crippen molar-refractivity contribution < 1.29 is 4.79 Å². The molecule has 1 aliphatic carbocycles. The predicted octanol–water partition coefficient (Wildman–Crippen LogP) is 3.83. The number of hydrogen-bond acceptors (Lipinski definition) is 3. The Morgan fingerprint density at radius 3 is 2.44 bits per heavy atom. The number of pyridine rings is 1. The third-order valence-electron chi connectivity index (χ3n) is 5.35. The van der Waals surface area contributed by atoms with E-state index >= 15 is 0 Å². The number of nitrogens with zero attached hydrogens (tertiary/aromatic N) is 1. The van der Waals surface area contributed by atoms with Crippen molar-refractivity contribution in [1.82, 2.24) is 10.3 Å². The average Bonchev–Trinajstić information content (AvgIpc) is 2.62. The molecule has 1 aliphatic rings. The lowest BCUT2D eigenvalue weighted by Crippen LogP contribution is -2.53. The molecule has 3 rings (SSSR count). The molecule has 2 aromatic rings. The third kappa shape index (κ3) is 4.07. The Morgan fingerprint density at radius 1 is 1.16 bits per heavy atom. The van der Waals surface area contributed by atoms with Crippen molar-refractivity contribution in [2.45, 2.75) is 51.1 Å². The summed E-state index contributed by atoms with van der Waals surface area (Å²) in [7, 11) is 0. The molecule has 3 unspecified atom stereocenters. The minimum atomic E-state index is -0.396. The van der Waals surface area contributed by atoms with E-state index in [1.807, 2.05) is 26.0 Å². The van der Waals surface area contributed by atoms with E-state index in [0.717, 1.165) is 42.4 Å². The zero-order valence-corrected chi connectivity index (χ0v) is 15.0. The molecule has 1 fully saturated rings. The molecule has 1 amide bonds. The van der Waals surface area contributed by atoms with Gasteiger partial charge in [0.15, 0.2) is 0 Å². The van der Waals surface area contributed by atoms with Crippen LogP contribution in [0, 0.1) is 5.92 Å². The van der Waals surface area contributed by atoms with E-state index in [1.54, 1.807) is 12.4 Å². The van der Waals surface area contributed by atoms with Crippen LogP contribution < -0.4 is 11.1 Å². The Bertz CT molecular complexity index is 710. The van der Waals surface area contributed by atoms with Crippen LogP contribution in [0.4, 0.5) is 0 Å². The first-order chi connectivity index (χ1) is 12.0. The number of carbonyl (C=O) groups is 1. The number of rotatable bonds is 4. The number of benzene rings is 1. The fourth-order valence-corrected chi connectivity index (χ4v) is 3.69. The molecule has 132 valence electrons. The summed E-state index contributed by atoms with van der Waals surface area (Å²) in [5, 5.41) is 3.15. The van der Waals surface area contributed by atoms with E-state index in [4.69, 9.17) is 5.73 Å². The predicted molar refractivity (Wildman–Crippen MR) is 101 cm³/mol. The molecule has 3 N–H and O–H groups in total. The Kier molecular flexibility index (Phi) is 5.19. The summed E-state index contributed by atoms with van der Waals surface area (Å²) in [6, 6.07) is 12.3. The summed E-state index contributed by atoms with van der Waals surface area (Å²) < 4.78 is 0. The molecule has 1 heterocycles. The lowest BCUT2D eigenvalue weighted by atomic mass is 9.74. The number of amides is 1.